The van der Waals surface area contributed by atoms with Gasteiger partial charge in [-0.05, 0) is 11.5 Å². The Hall–Kier alpha value is -0.360. The molecular formula is C6H12N4S2. The van der Waals surface area contributed by atoms with E-state index in [-0.39, 0.29) is 0 Å². The van der Waals surface area contributed by atoms with Crippen LogP contribution in [0.1, 0.15) is 13.8 Å². The molecule has 6 heteroatoms. The number of rotatable bonds is 2. The molecule has 0 saturated heterocycles. The van der Waals surface area contributed by atoms with E-state index in [1.165, 1.54) is 0 Å². The second kappa shape index (κ2) is 5.31. The zero-order valence-corrected chi connectivity index (χ0v) is 8.76. The van der Waals surface area contributed by atoms with Gasteiger partial charge in [0.15, 0.2) is 0 Å². The maximum absolute atomic E-state index is 4.09. The highest BCUT2D eigenvalue weighted by Crippen LogP contribution is 2.06. The lowest BCUT2D eigenvalue weighted by atomic mass is 11.0. The quantitative estimate of drug-likeness (QED) is 0.710. The minimum atomic E-state index is 0.831. The average Bonchev–Trinajstić information content (AvgIpc) is 2.09. The minimum Gasteiger partial charge on any atom is -0.252 e. The molecule has 0 atom stereocenters. The smallest absolute Gasteiger partial charge is 0.201 e. The first kappa shape index (κ1) is 9.73. The highest BCUT2D eigenvalue weighted by atomic mass is 32.2. The third-order valence-corrected chi connectivity index (χ3v) is 2.56. The first-order valence-corrected chi connectivity index (χ1v) is 5.77. The van der Waals surface area contributed by atoms with Gasteiger partial charge in [-0.25, -0.2) is 0 Å². The molecule has 0 saturated carbocycles. The molecule has 0 amide bonds. The molecule has 68 valence electrons. The van der Waals surface area contributed by atoms with Crippen LogP contribution in [0.5, 0.6) is 0 Å². The van der Waals surface area contributed by atoms with E-state index >= 15 is 0 Å². The molecule has 0 fully saturated rings. The van der Waals surface area contributed by atoms with E-state index in [2.05, 4.69) is 34.9 Å². The van der Waals surface area contributed by atoms with Gasteiger partial charge in [-0.2, -0.15) is 0 Å². The largest absolute Gasteiger partial charge is 0.252 e. The van der Waals surface area contributed by atoms with Crippen LogP contribution in [0, 0.1) is 0 Å². The molecule has 0 unspecified atom stereocenters. The molecule has 1 rings (SSSR count). The second-order valence-corrected chi connectivity index (χ2v) is 4.43. The molecule has 0 aromatic carbocycles. The number of nitrogens with one attached hydrogen (secondary N) is 2. The fraction of sp³-hybridized carbons (Fsp3) is 0.667. The summed E-state index contributed by atoms with van der Waals surface area (Å²) < 4.78 is 0. The second-order valence-electron chi connectivity index (χ2n) is 1.92. The van der Waals surface area contributed by atoms with Crippen LogP contribution < -0.4 is 10.9 Å². The van der Waals surface area contributed by atoms with Crippen molar-refractivity contribution in [2.45, 2.75) is 13.8 Å². The Balaban J connectivity index is 2.32. The fourth-order valence-corrected chi connectivity index (χ4v) is 1.64. The van der Waals surface area contributed by atoms with Crippen LogP contribution in [-0.4, -0.2) is 21.8 Å². The third-order valence-electron chi connectivity index (χ3n) is 1.07. The summed E-state index contributed by atoms with van der Waals surface area (Å²) in [5.41, 5.74) is 5.74. The number of hydrogen-bond acceptors (Lipinski definition) is 6. The topological polar surface area (TPSA) is 48.8 Å². The van der Waals surface area contributed by atoms with Crippen molar-refractivity contribution in [1.82, 2.24) is 10.9 Å². The monoisotopic (exact) mass is 204 g/mol. The first-order valence-electron chi connectivity index (χ1n) is 3.79. The lowest BCUT2D eigenvalue weighted by molar-refractivity contribution is 0.914. The molecule has 1 aliphatic heterocycles. The number of thioether (sulfide) groups is 2. The van der Waals surface area contributed by atoms with Crippen molar-refractivity contribution >= 4 is 33.9 Å². The number of nitrogens with zero attached hydrogens (tertiary/aromatic N) is 2. The van der Waals surface area contributed by atoms with Gasteiger partial charge in [0.1, 0.15) is 0 Å². The van der Waals surface area contributed by atoms with Crippen LogP contribution in [0.3, 0.4) is 0 Å². The third kappa shape index (κ3) is 2.94. The van der Waals surface area contributed by atoms with E-state index in [9.17, 15) is 0 Å². The summed E-state index contributed by atoms with van der Waals surface area (Å²) in [5, 5.41) is 9.84. The van der Waals surface area contributed by atoms with Gasteiger partial charge in [0, 0.05) is 0 Å². The van der Waals surface area contributed by atoms with E-state index in [4.69, 9.17) is 0 Å². The Bertz CT molecular complexity index is 180. The molecule has 2 N–H and O–H groups in total. The predicted molar refractivity (Wildman–Crippen MR) is 57.4 cm³/mol. The maximum atomic E-state index is 4.09. The van der Waals surface area contributed by atoms with Crippen LogP contribution in [0.2, 0.25) is 0 Å². The summed E-state index contributed by atoms with van der Waals surface area (Å²) in [5.74, 6) is 2.00. The van der Waals surface area contributed by atoms with Gasteiger partial charge in [-0.15, -0.1) is 10.2 Å². The first-order chi connectivity index (χ1) is 5.86. The summed E-state index contributed by atoms with van der Waals surface area (Å²) >= 11 is 3.26. The van der Waals surface area contributed by atoms with Gasteiger partial charge in [0.05, 0.1) is 0 Å². The molecule has 0 aliphatic carbocycles. The van der Waals surface area contributed by atoms with E-state index in [1.54, 1.807) is 23.5 Å². The lowest BCUT2D eigenvalue weighted by Gasteiger charge is -2.12. The normalized spacial score (nSPS) is 15.8. The summed E-state index contributed by atoms with van der Waals surface area (Å²) in [6, 6.07) is 0. The van der Waals surface area contributed by atoms with Gasteiger partial charge >= 0.3 is 0 Å². The summed E-state index contributed by atoms with van der Waals surface area (Å²) in [6.45, 7) is 4.16. The highest BCUT2D eigenvalue weighted by Gasteiger charge is 2.05. The molecule has 0 spiro atoms. The van der Waals surface area contributed by atoms with Crippen LogP contribution in [0.4, 0.5) is 0 Å². The Morgan fingerprint density at radius 1 is 1.00 bits per heavy atom. The van der Waals surface area contributed by atoms with Crippen molar-refractivity contribution in [3.05, 3.63) is 0 Å². The number of hydrazone groups is 2. The van der Waals surface area contributed by atoms with Crippen molar-refractivity contribution in [3.63, 3.8) is 0 Å². The molecule has 1 aliphatic rings. The Morgan fingerprint density at radius 3 is 1.67 bits per heavy atom. The fourth-order valence-electron chi connectivity index (χ4n) is 0.650. The van der Waals surface area contributed by atoms with E-state index in [1.807, 2.05) is 0 Å². The maximum Gasteiger partial charge on any atom is 0.201 e. The predicted octanol–water partition coefficient (Wildman–Crippen LogP) is 1.23. The molecule has 0 aromatic heterocycles. The van der Waals surface area contributed by atoms with Gasteiger partial charge in [0.25, 0.3) is 0 Å². The van der Waals surface area contributed by atoms with Crippen LogP contribution in [0.25, 0.3) is 0 Å². The number of amidine groups is 2. The summed E-state index contributed by atoms with van der Waals surface area (Å²) in [6.07, 6.45) is 0. The van der Waals surface area contributed by atoms with Crippen molar-refractivity contribution in [2.24, 2.45) is 10.2 Å². The molecule has 1 heterocycles. The lowest BCUT2D eigenvalue weighted by Crippen LogP contribution is -2.30. The molecule has 0 radical (unpaired) electrons. The van der Waals surface area contributed by atoms with Crippen molar-refractivity contribution in [1.29, 1.82) is 0 Å². The van der Waals surface area contributed by atoms with Crippen molar-refractivity contribution in [2.75, 3.05) is 11.5 Å². The zero-order chi connectivity index (χ0) is 8.81. The SMILES string of the molecule is CCSC1=NNC(SCC)=NN1. The summed E-state index contributed by atoms with van der Waals surface area (Å²) in [4.78, 5) is 0. The van der Waals surface area contributed by atoms with Gasteiger partial charge in [-0.3, -0.25) is 10.9 Å². The van der Waals surface area contributed by atoms with Crippen LogP contribution in [0.15, 0.2) is 10.2 Å². The Labute approximate surface area is 80.6 Å². The zero-order valence-electron chi connectivity index (χ0n) is 7.13. The molecule has 12 heavy (non-hydrogen) atoms. The minimum absolute atomic E-state index is 0.831. The van der Waals surface area contributed by atoms with Crippen LogP contribution >= 0.6 is 23.5 Å². The van der Waals surface area contributed by atoms with E-state index in [0.717, 1.165) is 21.8 Å². The summed E-state index contributed by atoms with van der Waals surface area (Å²) in [7, 11) is 0. The molecular weight excluding hydrogens is 192 g/mol. The van der Waals surface area contributed by atoms with Crippen molar-refractivity contribution in [3.8, 4) is 0 Å². The van der Waals surface area contributed by atoms with E-state index < -0.39 is 0 Å². The van der Waals surface area contributed by atoms with E-state index in [0.29, 0.717) is 0 Å². The standard InChI is InChI=1S/C6H12N4S2/c1-3-11-5-7-9-6(10-8-5)12-4-2/h3-4H2,1-2H3,(H,7,8)(H,9,10). The van der Waals surface area contributed by atoms with Crippen molar-refractivity contribution < 1.29 is 0 Å². The average molecular weight is 204 g/mol. The Kier molecular flexibility index (Phi) is 4.31. The van der Waals surface area contributed by atoms with Gasteiger partial charge in [0.2, 0.25) is 10.3 Å². The number of hydrogen-bond donors (Lipinski definition) is 2. The molecule has 4 nitrogen and oxygen atoms in total. The molecule has 0 bridgehead atoms. The van der Waals surface area contributed by atoms with Crippen LogP contribution in [-0.2, 0) is 0 Å². The van der Waals surface area contributed by atoms with Gasteiger partial charge in [-0.1, -0.05) is 37.4 Å². The Morgan fingerprint density at radius 2 is 1.42 bits per heavy atom. The van der Waals surface area contributed by atoms with Gasteiger partial charge < -0.3 is 0 Å². The molecule has 0 aromatic rings. The highest BCUT2D eigenvalue weighted by molar-refractivity contribution is 8.14.